The first-order valence-corrected chi connectivity index (χ1v) is 12.5. The number of fused-ring (bicyclic) bond motifs is 3. The number of aliphatic imine (C=N–C) groups is 1. The van der Waals surface area contributed by atoms with Gasteiger partial charge in [0.15, 0.2) is 5.17 Å². The summed E-state index contributed by atoms with van der Waals surface area (Å²) < 4.78 is 20.3. The molecule has 33 heavy (non-hydrogen) atoms. The van der Waals surface area contributed by atoms with Crippen molar-refractivity contribution in [3.8, 4) is 0 Å². The van der Waals surface area contributed by atoms with E-state index in [1.165, 1.54) is 37.1 Å². The summed E-state index contributed by atoms with van der Waals surface area (Å²) in [6.07, 6.45) is 4.90. The van der Waals surface area contributed by atoms with Crippen LogP contribution >= 0.6 is 11.8 Å². The number of hydrogen-bond acceptors (Lipinski definition) is 6. The molecule has 4 aliphatic rings. The molecule has 0 aromatic heterocycles. The summed E-state index contributed by atoms with van der Waals surface area (Å²) in [5.74, 6) is 0.352. The van der Waals surface area contributed by atoms with Crippen LogP contribution in [0.2, 0.25) is 0 Å². The van der Waals surface area contributed by atoms with Gasteiger partial charge in [0.25, 0.3) is 0 Å². The molecule has 174 valence electrons. The molecule has 1 aromatic carbocycles. The molecule has 2 fully saturated rings. The highest BCUT2D eigenvalue weighted by Crippen LogP contribution is 2.46. The van der Waals surface area contributed by atoms with Gasteiger partial charge in [0, 0.05) is 17.3 Å². The molecule has 1 aromatic rings. The van der Waals surface area contributed by atoms with E-state index in [2.05, 4.69) is 10.3 Å². The van der Waals surface area contributed by atoms with Gasteiger partial charge in [-0.25, -0.2) is 14.2 Å². The minimum atomic E-state index is -0.741. The van der Waals surface area contributed by atoms with Crippen LogP contribution in [0.3, 0.4) is 0 Å². The van der Waals surface area contributed by atoms with Crippen LogP contribution in [0, 0.1) is 17.7 Å². The Morgan fingerprint density at radius 1 is 1.27 bits per heavy atom. The number of amidine groups is 1. The maximum Gasteiger partial charge on any atom is 0.338 e. The molecule has 5 rings (SSSR count). The Balaban J connectivity index is 1.43. The number of nitrogens with zero attached hydrogens (tertiary/aromatic N) is 2. The predicted molar refractivity (Wildman–Crippen MR) is 125 cm³/mol. The maximum absolute atomic E-state index is 15.0. The lowest BCUT2D eigenvalue weighted by Crippen LogP contribution is -2.41. The van der Waals surface area contributed by atoms with Gasteiger partial charge in [0.1, 0.15) is 5.82 Å². The maximum atomic E-state index is 15.0. The summed E-state index contributed by atoms with van der Waals surface area (Å²) in [4.78, 5) is 32.3. The Morgan fingerprint density at radius 3 is 2.79 bits per heavy atom. The number of ether oxygens (including phenoxy) is 1. The van der Waals surface area contributed by atoms with Crippen LogP contribution in [-0.2, 0) is 14.3 Å². The molecular formula is C25H28FN3O3S. The summed E-state index contributed by atoms with van der Waals surface area (Å²) in [5.41, 5.74) is 1.87. The fourth-order valence-corrected chi connectivity index (χ4v) is 6.64. The fraction of sp³-hybridized carbons (Fsp3) is 0.480. The molecule has 0 saturated heterocycles. The van der Waals surface area contributed by atoms with Gasteiger partial charge < -0.3 is 15.0 Å². The van der Waals surface area contributed by atoms with Crippen LogP contribution in [0.25, 0.3) is 0 Å². The lowest BCUT2D eigenvalue weighted by Gasteiger charge is -2.36. The monoisotopic (exact) mass is 469 g/mol. The van der Waals surface area contributed by atoms with E-state index < -0.39 is 17.8 Å². The molecule has 2 heterocycles. The van der Waals surface area contributed by atoms with E-state index in [4.69, 9.17) is 4.74 Å². The molecule has 1 N–H and O–H groups in total. The normalized spacial score (nSPS) is 27.9. The van der Waals surface area contributed by atoms with Gasteiger partial charge in [-0.1, -0.05) is 36.4 Å². The third-order valence-electron chi connectivity index (χ3n) is 7.12. The van der Waals surface area contributed by atoms with E-state index in [0.29, 0.717) is 33.6 Å². The number of carbonyl (C=O) groups is 2. The number of amides is 1. The summed E-state index contributed by atoms with van der Waals surface area (Å²) in [7, 11) is 0. The van der Waals surface area contributed by atoms with Gasteiger partial charge in [-0.2, -0.15) is 0 Å². The van der Waals surface area contributed by atoms with Gasteiger partial charge in [0.2, 0.25) is 5.91 Å². The molecule has 2 aliphatic carbocycles. The van der Waals surface area contributed by atoms with E-state index in [1.807, 2.05) is 10.3 Å². The largest absolute Gasteiger partial charge is 0.463 e. The Kier molecular flexibility index (Phi) is 6.03. The third kappa shape index (κ3) is 4.09. The van der Waals surface area contributed by atoms with E-state index in [0.717, 1.165) is 12.3 Å². The van der Waals surface area contributed by atoms with Crippen molar-refractivity contribution in [3.05, 3.63) is 58.0 Å². The summed E-state index contributed by atoms with van der Waals surface area (Å²) >= 11 is 1.39. The fourth-order valence-electron chi connectivity index (χ4n) is 5.67. The summed E-state index contributed by atoms with van der Waals surface area (Å²) in [6, 6.07) is 5.93. The average molecular weight is 470 g/mol. The Hall–Kier alpha value is -2.61. The zero-order valence-electron chi connectivity index (χ0n) is 18.8. The van der Waals surface area contributed by atoms with Crippen molar-refractivity contribution in [2.24, 2.45) is 16.8 Å². The van der Waals surface area contributed by atoms with E-state index in [9.17, 15) is 14.0 Å². The van der Waals surface area contributed by atoms with Crippen molar-refractivity contribution in [1.82, 2.24) is 10.2 Å². The molecule has 6 nitrogen and oxygen atoms in total. The summed E-state index contributed by atoms with van der Waals surface area (Å²) in [5, 5.41) is 5.75. The van der Waals surface area contributed by atoms with Crippen LogP contribution in [0.5, 0.6) is 0 Å². The Morgan fingerprint density at radius 2 is 2.09 bits per heavy atom. The van der Waals surface area contributed by atoms with Crippen molar-refractivity contribution >= 4 is 28.8 Å². The van der Waals surface area contributed by atoms with Crippen molar-refractivity contribution in [1.29, 1.82) is 0 Å². The number of nitrogens with one attached hydrogen (secondary N) is 1. The number of thioether (sulfide) groups is 1. The number of esters is 1. The molecule has 0 radical (unpaired) electrons. The highest BCUT2D eigenvalue weighted by molar-refractivity contribution is 8.16. The molecule has 2 aliphatic heterocycles. The van der Waals surface area contributed by atoms with E-state index in [-0.39, 0.29) is 25.0 Å². The molecule has 2 bridgehead atoms. The first-order chi connectivity index (χ1) is 16.0. The lowest BCUT2D eigenvalue weighted by molar-refractivity contribution is -0.139. The zero-order valence-corrected chi connectivity index (χ0v) is 19.7. The van der Waals surface area contributed by atoms with Gasteiger partial charge in [-0.15, -0.1) is 0 Å². The SMILES string of the molecule is CCOC(=O)C1=C(C)N=C2SC=C(CC(=O)N[C@H]3C[C@H]4CC[C@H]3C4)N2[C@H]1c1ccccc1F. The van der Waals surface area contributed by atoms with Crippen LogP contribution < -0.4 is 5.32 Å². The highest BCUT2D eigenvalue weighted by Gasteiger charge is 2.43. The standard InChI is InChI=1S/C25H28FN3O3S/c1-3-32-24(31)22-14(2)27-25-29(23(22)18-6-4-5-7-19(18)26)17(13-33-25)12-21(30)28-20-11-15-8-9-16(20)10-15/h4-7,13,15-16,20,23H,3,8-12H2,1-2H3,(H,28,30)/t15-,16-,20-,23-/m0/s1. The van der Waals surface area contributed by atoms with Crippen molar-refractivity contribution < 1.29 is 18.7 Å². The molecule has 0 unspecified atom stereocenters. The van der Waals surface area contributed by atoms with Crippen molar-refractivity contribution in [2.75, 3.05) is 6.61 Å². The van der Waals surface area contributed by atoms with Crippen LogP contribution in [0.1, 0.15) is 57.6 Å². The van der Waals surface area contributed by atoms with Crippen molar-refractivity contribution in [3.63, 3.8) is 0 Å². The van der Waals surface area contributed by atoms with Crippen molar-refractivity contribution in [2.45, 2.75) is 58.0 Å². The Labute approximate surface area is 197 Å². The predicted octanol–water partition coefficient (Wildman–Crippen LogP) is 4.66. The smallest absolute Gasteiger partial charge is 0.338 e. The lowest BCUT2D eigenvalue weighted by atomic mass is 9.93. The molecular weight excluding hydrogens is 441 g/mol. The van der Waals surface area contributed by atoms with Gasteiger partial charge in [0.05, 0.1) is 30.3 Å². The first-order valence-electron chi connectivity index (χ1n) is 11.6. The number of carbonyl (C=O) groups excluding carboxylic acids is 2. The second-order valence-electron chi connectivity index (χ2n) is 9.16. The molecule has 1 amide bonds. The number of halogens is 1. The highest BCUT2D eigenvalue weighted by atomic mass is 32.2. The second-order valence-corrected chi connectivity index (χ2v) is 10.00. The molecule has 8 heteroatoms. The minimum absolute atomic E-state index is 0.0445. The molecule has 0 spiro atoms. The number of hydrogen-bond donors (Lipinski definition) is 1. The van der Waals surface area contributed by atoms with Crippen LogP contribution in [-0.4, -0.2) is 34.6 Å². The average Bonchev–Trinajstić information content (AvgIpc) is 3.50. The second kappa shape index (κ2) is 8.97. The van der Waals surface area contributed by atoms with E-state index >= 15 is 0 Å². The third-order valence-corrected chi connectivity index (χ3v) is 8.01. The van der Waals surface area contributed by atoms with E-state index in [1.54, 1.807) is 32.0 Å². The topological polar surface area (TPSA) is 71.0 Å². The number of benzene rings is 1. The van der Waals surface area contributed by atoms with Gasteiger partial charge >= 0.3 is 5.97 Å². The quantitative estimate of drug-likeness (QED) is 0.614. The number of allylic oxidation sites excluding steroid dienone is 1. The van der Waals surface area contributed by atoms with Gasteiger partial charge in [-0.05, 0) is 56.4 Å². The molecule has 4 atom stereocenters. The van der Waals surface area contributed by atoms with Gasteiger partial charge in [-0.3, -0.25) is 4.79 Å². The first kappa shape index (κ1) is 22.2. The molecule has 2 saturated carbocycles. The summed E-state index contributed by atoms with van der Waals surface area (Å²) in [6.45, 7) is 3.69. The minimum Gasteiger partial charge on any atom is -0.463 e. The zero-order chi connectivity index (χ0) is 23.1. The number of rotatable bonds is 6. The van der Waals surface area contributed by atoms with Crippen LogP contribution in [0.4, 0.5) is 4.39 Å². The van der Waals surface area contributed by atoms with Crippen LogP contribution in [0.15, 0.2) is 51.6 Å². The Bertz CT molecular complexity index is 1080.